The Bertz CT molecular complexity index is 531. The van der Waals surface area contributed by atoms with Crippen molar-refractivity contribution in [3.05, 3.63) is 58.9 Å². The number of halogens is 1. The number of benzene rings is 1. The minimum atomic E-state index is -0.697. The van der Waals surface area contributed by atoms with Crippen molar-refractivity contribution in [1.29, 1.82) is 0 Å². The van der Waals surface area contributed by atoms with E-state index in [9.17, 15) is 5.11 Å². The van der Waals surface area contributed by atoms with E-state index in [2.05, 4.69) is 4.98 Å². The predicted molar refractivity (Wildman–Crippen MR) is 70.9 cm³/mol. The van der Waals surface area contributed by atoms with Gasteiger partial charge in [-0.2, -0.15) is 0 Å². The van der Waals surface area contributed by atoms with Gasteiger partial charge in [0.2, 0.25) is 0 Å². The van der Waals surface area contributed by atoms with Crippen LogP contribution in [0.4, 0.5) is 0 Å². The van der Waals surface area contributed by atoms with Crippen molar-refractivity contribution in [2.75, 3.05) is 6.61 Å². The number of nitrogens with zero attached hydrogens (tertiary/aromatic N) is 1. The zero-order valence-electron chi connectivity index (χ0n) is 10.0. The van der Waals surface area contributed by atoms with E-state index < -0.39 is 6.10 Å². The van der Waals surface area contributed by atoms with E-state index in [0.29, 0.717) is 10.8 Å². The predicted octanol–water partition coefficient (Wildman–Crippen LogP) is 3.16. The lowest BCUT2D eigenvalue weighted by Crippen LogP contribution is -2.11. The standard InChI is InChI=1S/C14H14ClNO2/c1-10-5-6-16-8-13(10)14(17)9-18-12-4-2-3-11(15)7-12/h2-8,14,17H,9H2,1H3. The molecule has 0 aliphatic carbocycles. The fourth-order valence-corrected chi connectivity index (χ4v) is 1.83. The molecule has 0 spiro atoms. The first-order valence-corrected chi connectivity index (χ1v) is 6.01. The van der Waals surface area contributed by atoms with Crippen LogP contribution in [0.15, 0.2) is 42.7 Å². The van der Waals surface area contributed by atoms with Crippen LogP contribution in [0.5, 0.6) is 5.75 Å². The molecule has 94 valence electrons. The molecule has 2 rings (SSSR count). The summed E-state index contributed by atoms with van der Waals surface area (Å²) in [6.07, 6.45) is 2.66. The van der Waals surface area contributed by atoms with E-state index in [1.807, 2.05) is 13.0 Å². The third-order valence-electron chi connectivity index (χ3n) is 2.64. The number of ether oxygens (including phenoxy) is 1. The maximum absolute atomic E-state index is 10.0. The van der Waals surface area contributed by atoms with Crippen molar-refractivity contribution < 1.29 is 9.84 Å². The zero-order chi connectivity index (χ0) is 13.0. The third kappa shape index (κ3) is 3.22. The summed E-state index contributed by atoms with van der Waals surface area (Å²) in [4.78, 5) is 4.00. The van der Waals surface area contributed by atoms with Crippen molar-refractivity contribution in [1.82, 2.24) is 4.98 Å². The number of aliphatic hydroxyl groups is 1. The molecule has 4 heteroatoms. The summed E-state index contributed by atoms with van der Waals surface area (Å²) < 4.78 is 5.50. The van der Waals surface area contributed by atoms with Gasteiger partial charge in [0.05, 0.1) is 0 Å². The van der Waals surface area contributed by atoms with Crippen LogP contribution in [0.1, 0.15) is 17.2 Å². The SMILES string of the molecule is Cc1ccncc1C(O)COc1cccc(Cl)c1. The van der Waals surface area contributed by atoms with Crippen molar-refractivity contribution in [3.63, 3.8) is 0 Å². The average molecular weight is 264 g/mol. The number of pyridine rings is 1. The Morgan fingerprint density at radius 2 is 2.22 bits per heavy atom. The van der Waals surface area contributed by atoms with Gasteiger partial charge in [0.25, 0.3) is 0 Å². The molecule has 0 fully saturated rings. The molecular formula is C14H14ClNO2. The fraction of sp³-hybridized carbons (Fsp3) is 0.214. The van der Waals surface area contributed by atoms with E-state index in [4.69, 9.17) is 16.3 Å². The van der Waals surface area contributed by atoms with Crippen LogP contribution >= 0.6 is 11.6 Å². The third-order valence-corrected chi connectivity index (χ3v) is 2.88. The molecule has 3 nitrogen and oxygen atoms in total. The number of hydrogen-bond donors (Lipinski definition) is 1. The molecule has 0 saturated carbocycles. The fourth-order valence-electron chi connectivity index (χ4n) is 1.65. The number of aliphatic hydroxyl groups excluding tert-OH is 1. The van der Waals surface area contributed by atoms with Crippen LogP contribution in [0.25, 0.3) is 0 Å². The molecule has 1 atom stereocenters. The summed E-state index contributed by atoms with van der Waals surface area (Å²) in [7, 11) is 0. The highest BCUT2D eigenvalue weighted by Crippen LogP contribution is 2.20. The van der Waals surface area contributed by atoms with E-state index >= 15 is 0 Å². The number of rotatable bonds is 4. The first-order chi connectivity index (χ1) is 8.66. The zero-order valence-corrected chi connectivity index (χ0v) is 10.8. The molecule has 1 heterocycles. The lowest BCUT2D eigenvalue weighted by atomic mass is 10.1. The molecule has 0 saturated heterocycles. The molecule has 0 radical (unpaired) electrons. The Hall–Kier alpha value is -1.58. The largest absolute Gasteiger partial charge is 0.490 e. The molecule has 1 N–H and O–H groups in total. The molecule has 0 aliphatic rings. The van der Waals surface area contributed by atoms with Gasteiger partial charge in [0.1, 0.15) is 18.5 Å². The summed E-state index contributed by atoms with van der Waals surface area (Å²) in [6.45, 7) is 2.10. The lowest BCUT2D eigenvalue weighted by molar-refractivity contribution is 0.107. The summed E-state index contributed by atoms with van der Waals surface area (Å²) in [6, 6.07) is 8.95. The topological polar surface area (TPSA) is 42.4 Å². The molecule has 1 aromatic heterocycles. The van der Waals surface area contributed by atoms with Crippen LogP contribution in [0, 0.1) is 6.92 Å². The van der Waals surface area contributed by atoms with Gasteiger partial charge in [0.15, 0.2) is 0 Å². The van der Waals surface area contributed by atoms with Crippen LogP contribution in [0.2, 0.25) is 5.02 Å². The molecule has 0 amide bonds. The Kier molecular flexibility index (Phi) is 4.18. The van der Waals surface area contributed by atoms with Gasteiger partial charge < -0.3 is 9.84 Å². The summed E-state index contributed by atoms with van der Waals surface area (Å²) in [5.74, 6) is 0.642. The maximum atomic E-state index is 10.0. The highest BCUT2D eigenvalue weighted by atomic mass is 35.5. The Labute approximate surface area is 111 Å². The first kappa shape index (κ1) is 12.9. The van der Waals surface area contributed by atoms with Crippen LogP contribution in [-0.2, 0) is 0 Å². The second kappa shape index (κ2) is 5.85. The molecule has 2 aromatic rings. The second-order valence-electron chi connectivity index (χ2n) is 4.02. The number of hydrogen-bond acceptors (Lipinski definition) is 3. The van der Waals surface area contributed by atoms with Crippen LogP contribution < -0.4 is 4.74 Å². The van der Waals surface area contributed by atoms with Gasteiger partial charge in [-0.25, -0.2) is 0 Å². The smallest absolute Gasteiger partial charge is 0.120 e. The van der Waals surface area contributed by atoms with Gasteiger partial charge in [-0.15, -0.1) is 0 Å². The van der Waals surface area contributed by atoms with Gasteiger partial charge in [-0.1, -0.05) is 17.7 Å². The highest BCUT2D eigenvalue weighted by Gasteiger charge is 2.11. The van der Waals surface area contributed by atoms with Crippen LogP contribution in [-0.4, -0.2) is 16.7 Å². The maximum Gasteiger partial charge on any atom is 0.120 e. The Balaban J connectivity index is 2.00. The monoisotopic (exact) mass is 263 g/mol. The first-order valence-electron chi connectivity index (χ1n) is 5.64. The summed E-state index contributed by atoms with van der Waals surface area (Å²) >= 11 is 5.85. The summed E-state index contributed by atoms with van der Waals surface area (Å²) in [5.41, 5.74) is 1.77. The second-order valence-corrected chi connectivity index (χ2v) is 4.45. The van der Waals surface area contributed by atoms with E-state index in [-0.39, 0.29) is 6.61 Å². The number of aryl methyl sites for hydroxylation is 1. The Morgan fingerprint density at radius 3 is 2.94 bits per heavy atom. The van der Waals surface area contributed by atoms with Crippen molar-refractivity contribution in [3.8, 4) is 5.75 Å². The molecule has 1 unspecified atom stereocenters. The van der Waals surface area contributed by atoms with Crippen molar-refractivity contribution in [2.24, 2.45) is 0 Å². The normalized spacial score (nSPS) is 12.2. The Morgan fingerprint density at radius 1 is 1.39 bits per heavy atom. The molecule has 0 aliphatic heterocycles. The average Bonchev–Trinajstić information content (AvgIpc) is 2.37. The van der Waals surface area contributed by atoms with Gasteiger partial charge in [-0.05, 0) is 36.8 Å². The molecule has 18 heavy (non-hydrogen) atoms. The van der Waals surface area contributed by atoms with E-state index in [1.54, 1.807) is 36.7 Å². The van der Waals surface area contributed by atoms with Gasteiger partial charge in [0, 0.05) is 23.0 Å². The molecular weight excluding hydrogens is 250 g/mol. The minimum Gasteiger partial charge on any atom is -0.490 e. The minimum absolute atomic E-state index is 0.173. The number of aromatic nitrogens is 1. The lowest BCUT2D eigenvalue weighted by Gasteiger charge is -2.14. The quantitative estimate of drug-likeness (QED) is 0.921. The molecule has 0 bridgehead atoms. The van der Waals surface area contributed by atoms with E-state index in [1.165, 1.54) is 0 Å². The molecule has 1 aromatic carbocycles. The van der Waals surface area contributed by atoms with Crippen molar-refractivity contribution in [2.45, 2.75) is 13.0 Å². The van der Waals surface area contributed by atoms with Crippen LogP contribution in [0.3, 0.4) is 0 Å². The van der Waals surface area contributed by atoms with Crippen molar-refractivity contribution >= 4 is 11.6 Å². The highest BCUT2D eigenvalue weighted by molar-refractivity contribution is 6.30. The van der Waals surface area contributed by atoms with Gasteiger partial charge in [-0.3, -0.25) is 4.98 Å². The summed E-state index contributed by atoms with van der Waals surface area (Å²) in [5, 5.41) is 10.6. The van der Waals surface area contributed by atoms with Gasteiger partial charge >= 0.3 is 0 Å². The van der Waals surface area contributed by atoms with E-state index in [0.717, 1.165) is 11.1 Å².